The molecule has 1 N–H and O–H groups in total. The molecule has 1 aromatic carbocycles. The molecule has 1 saturated carbocycles. The van der Waals surface area contributed by atoms with Crippen molar-refractivity contribution in [1.29, 1.82) is 5.26 Å². The quantitative estimate of drug-likeness (QED) is 0.851. The zero-order chi connectivity index (χ0) is 12.3. The summed E-state index contributed by atoms with van der Waals surface area (Å²) < 4.78 is 18.6. The Kier molecular flexibility index (Phi) is 3.60. The van der Waals surface area contributed by atoms with Crippen molar-refractivity contribution in [3.63, 3.8) is 0 Å². The van der Waals surface area contributed by atoms with Crippen LogP contribution in [-0.4, -0.2) is 19.8 Å². The number of hydrogen-bond acceptors (Lipinski definition) is 3. The van der Waals surface area contributed by atoms with Gasteiger partial charge in [-0.05, 0) is 30.9 Å². The lowest BCUT2D eigenvalue weighted by Gasteiger charge is -2.19. The van der Waals surface area contributed by atoms with Crippen molar-refractivity contribution in [1.82, 2.24) is 0 Å². The Morgan fingerprint density at radius 3 is 2.94 bits per heavy atom. The van der Waals surface area contributed by atoms with E-state index in [1.54, 1.807) is 19.2 Å². The van der Waals surface area contributed by atoms with E-state index in [0.29, 0.717) is 18.2 Å². The fourth-order valence-corrected chi connectivity index (χ4v) is 1.93. The number of benzene rings is 1. The van der Waals surface area contributed by atoms with Gasteiger partial charge in [0.05, 0.1) is 18.3 Å². The first-order valence-corrected chi connectivity index (χ1v) is 5.70. The van der Waals surface area contributed by atoms with E-state index < -0.39 is 5.82 Å². The van der Waals surface area contributed by atoms with Crippen molar-refractivity contribution in [2.24, 2.45) is 5.92 Å². The van der Waals surface area contributed by atoms with E-state index in [4.69, 9.17) is 10.00 Å². The molecule has 0 amide bonds. The highest BCUT2D eigenvalue weighted by molar-refractivity contribution is 5.58. The highest BCUT2D eigenvalue weighted by Gasteiger charge is 2.31. The number of nitrogens with one attached hydrogen (secondary N) is 1. The SMILES string of the molecule is COCC(Nc1cccc(F)c1C#N)C1CC1. The lowest BCUT2D eigenvalue weighted by atomic mass is 10.1. The smallest absolute Gasteiger partial charge is 0.143 e. The second-order valence-electron chi connectivity index (χ2n) is 4.32. The van der Waals surface area contributed by atoms with Crippen LogP contribution < -0.4 is 5.32 Å². The van der Waals surface area contributed by atoms with Gasteiger partial charge in [0.15, 0.2) is 0 Å². The number of methoxy groups -OCH3 is 1. The minimum Gasteiger partial charge on any atom is -0.383 e. The Morgan fingerprint density at radius 2 is 2.35 bits per heavy atom. The Bertz CT molecular complexity index is 438. The molecule has 1 atom stereocenters. The number of halogens is 1. The summed E-state index contributed by atoms with van der Waals surface area (Å²) >= 11 is 0. The molecule has 2 rings (SSSR count). The van der Waals surface area contributed by atoms with Crippen molar-refractivity contribution in [3.05, 3.63) is 29.6 Å². The largest absolute Gasteiger partial charge is 0.383 e. The van der Waals surface area contributed by atoms with E-state index in [9.17, 15) is 4.39 Å². The van der Waals surface area contributed by atoms with Crippen LogP contribution in [0.3, 0.4) is 0 Å². The first-order valence-electron chi connectivity index (χ1n) is 5.70. The van der Waals surface area contributed by atoms with E-state index in [1.807, 2.05) is 6.07 Å². The Hall–Kier alpha value is -1.60. The minimum atomic E-state index is -0.482. The predicted octanol–water partition coefficient (Wildman–Crippen LogP) is 2.53. The summed E-state index contributed by atoms with van der Waals surface area (Å²) in [6, 6.07) is 6.69. The molecule has 1 fully saturated rings. The molecule has 17 heavy (non-hydrogen) atoms. The van der Waals surface area contributed by atoms with E-state index in [1.165, 1.54) is 6.07 Å². The van der Waals surface area contributed by atoms with Crippen molar-refractivity contribution in [2.45, 2.75) is 18.9 Å². The van der Waals surface area contributed by atoms with Crippen LogP contribution in [0.25, 0.3) is 0 Å². The maximum absolute atomic E-state index is 13.4. The summed E-state index contributed by atoms with van der Waals surface area (Å²) in [5, 5.41) is 12.1. The van der Waals surface area contributed by atoms with Gasteiger partial charge in [0, 0.05) is 7.11 Å². The van der Waals surface area contributed by atoms with Gasteiger partial charge in [0.2, 0.25) is 0 Å². The van der Waals surface area contributed by atoms with E-state index in [2.05, 4.69) is 5.32 Å². The first-order chi connectivity index (χ1) is 8.26. The second kappa shape index (κ2) is 5.15. The van der Waals surface area contributed by atoms with Gasteiger partial charge in [-0.3, -0.25) is 0 Å². The normalized spacial score (nSPS) is 16.3. The standard InChI is InChI=1S/C13H15FN2O/c1-17-8-13(9-5-6-9)16-12-4-2-3-11(14)10(12)7-15/h2-4,9,13,16H,5-6,8H2,1H3. The molecule has 4 heteroatoms. The van der Waals surface area contributed by atoms with Crippen molar-refractivity contribution in [3.8, 4) is 6.07 Å². The van der Waals surface area contributed by atoms with Gasteiger partial charge in [0.25, 0.3) is 0 Å². The van der Waals surface area contributed by atoms with Gasteiger partial charge in [-0.25, -0.2) is 4.39 Å². The summed E-state index contributed by atoms with van der Waals surface area (Å²) in [6.45, 7) is 0.575. The molecule has 0 radical (unpaired) electrons. The average molecular weight is 234 g/mol. The van der Waals surface area contributed by atoms with Crippen LogP contribution >= 0.6 is 0 Å². The third kappa shape index (κ3) is 2.75. The molecule has 0 heterocycles. The summed E-state index contributed by atoms with van der Waals surface area (Å²) in [5.41, 5.74) is 0.635. The number of nitrogens with zero attached hydrogens (tertiary/aromatic N) is 1. The average Bonchev–Trinajstić information content (AvgIpc) is 3.12. The van der Waals surface area contributed by atoms with Gasteiger partial charge in [-0.15, -0.1) is 0 Å². The maximum Gasteiger partial charge on any atom is 0.143 e. The van der Waals surface area contributed by atoms with E-state index in [-0.39, 0.29) is 11.6 Å². The van der Waals surface area contributed by atoms with Crippen molar-refractivity contribution in [2.75, 3.05) is 19.0 Å². The monoisotopic (exact) mass is 234 g/mol. The summed E-state index contributed by atoms with van der Waals surface area (Å²) in [5.74, 6) is 0.0919. The third-order valence-corrected chi connectivity index (χ3v) is 3.00. The van der Waals surface area contributed by atoms with Crippen LogP contribution in [0.5, 0.6) is 0 Å². The number of nitriles is 1. The molecule has 1 unspecified atom stereocenters. The Morgan fingerprint density at radius 1 is 1.59 bits per heavy atom. The Balaban J connectivity index is 2.16. The fraction of sp³-hybridized carbons (Fsp3) is 0.462. The zero-order valence-corrected chi connectivity index (χ0v) is 9.74. The van der Waals surface area contributed by atoms with Gasteiger partial charge in [-0.1, -0.05) is 6.07 Å². The van der Waals surface area contributed by atoms with Crippen LogP contribution in [0.1, 0.15) is 18.4 Å². The number of hydrogen-bond donors (Lipinski definition) is 1. The number of ether oxygens (including phenoxy) is 1. The molecular weight excluding hydrogens is 219 g/mol. The number of rotatable bonds is 5. The van der Waals surface area contributed by atoms with Crippen LogP contribution in [0.15, 0.2) is 18.2 Å². The van der Waals surface area contributed by atoms with Gasteiger partial charge in [-0.2, -0.15) is 5.26 Å². The molecule has 0 saturated heterocycles. The maximum atomic E-state index is 13.4. The molecule has 0 aliphatic heterocycles. The zero-order valence-electron chi connectivity index (χ0n) is 9.74. The lowest BCUT2D eigenvalue weighted by Crippen LogP contribution is -2.27. The predicted molar refractivity (Wildman–Crippen MR) is 63.1 cm³/mol. The van der Waals surface area contributed by atoms with Crippen molar-refractivity contribution >= 4 is 5.69 Å². The molecule has 0 aromatic heterocycles. The second-order valence-corrected chi connectivity index (χ2v) is 4.32. The summed E-state index contributed by atoms with van der Waals surface area (Å²) in [7, 11) is 1.65. The van der Waals surface area contributed by atoms with E-state index in [0.717, 1.165) is 12.8 Å². The molecule has 1 aliphatic carbocycles. The molecule has 3 nitrogen and oxygen atoms in total. The summed E-state index contributed by atoms with van der Waals surface area (Å²) in [4.78, 5) is 0. The van der Waals surface area contributed by atoms with Crippen LogP contribution in [0, 0.1) is 23.1 Å². The Labute approximate surface area is 100 Å². The van der Waals surface area contributed by atoms with Crippen LogP contribution in [-0.2, 0) is 4.74 Å². The van der Waals surface area contributed by atoms with Crippen LogP contribution in [0.2, 0.25) is 0 Å². The highest BCUT2D eigenvalue weighted by atomic mass is 19.1. The minimum absolute atomic E-state index is 0.0780. The molecule has 0 spiro atoms. The molecule has 1 aromatic rings. The van der Waals surface area contributed by atoms with Crippen LogP contribution in [0.4, 0.5) is 10.1 Å². The summed E-state index contributed by atoms with van der Waals surface area (Å²) in [6.07, 6.45) is 2.33. The van der Waals surface area contributed by atoms with E-state index >= 15 is 0 Å². The van der Waals surface area contributed by atoms with Gasteiger partial charge in [0.1, 0.15) is 17.4 Å². The third-order valence-electron chi connectivity index (χ3n) is 3.00. The number of anilines is 1. The topological polar surface area (TPSA) is 45.0 Å². The van der Waals surface area contributed by atoms with Gasteiger partial charge >= 0.3 is 0 Å². The lowest BCUT2D eigenvalue weighted by molar-refractivity contribution is 0.179. The molecule has 90 valence electrons. The first kappa shape index (κ1) is 11.9. The van der Waals surface area contributed by atoms with Gasteiger partial charge < -0.3 is 10.1 Å². The molecular formula is C13H15FN2O. The highest BCUT2D eigenvalue weighted by Crippen LogP contribution is 2.35. The van der Waals surface area contributed by atoms with Crippen molar-refractivity contribution < 1.29 is 9.13 Å². The fourth-order valence-electron chi connectivity index (χ4n) is 1.93. The molecule has 1 aliphatic rings. The molecule has 0 bridgehead atoms.